The lowest BCUT2D eigenvalue weighted by atomic mass is 9.79. The highest BCUT2D eigenvalue weighted by Gasteiger charge is 2.51. The summed E-state index contributed by atoms with van der Waals surface area (Å²) in [6.45, 7) is 12.6. The first-order chi connectivity index (χ1) is 16.5. The lowest BCUT2D eigenvalue weighted by Gasteiger charge is -2.32. The van der Waals surface area contributed by atoms with E-state index in [1.54, 1.807) is 57.2 Å². The molecule has 1 atom stereocenters. The molecule has 0 radical (unpaired) electrons. The maximum atomic E-state index is 12.8. The first-order valence-corrected chi connectivity index (χ1v) is 13.7. The standard InChI is InChI=1S/C25H32BBrO8S/c1-23(2,3)32-22(28)21(33-36(29,30)20-14-10-18(27)11-15-20)16-31-19-12-8-17(9-13-19)26-34-24(4,5)25(6,7)35-26/h8-15,21H,16H2,1-7H3. The third-order valence-corrected chi connectivity index (χ3v) is 7.69. The van der Waals surface area contributed by atoms with Crippen molar-refractivity contribution in [1.82, 2.24) is 0 Å². The molecule has 3 rings (SSSR count). The van der Waals surface area contributed by atoms with Crippen LogP contribution < -0.4 is 10.2 Å². The van der Waals surface area contributed by atoms with Gasteiger partial charge in [0.1, 0.15) is 18.0 Å². The van der Waals surface area contributed by atoms with Crippen molar-refractivity contribution >= 4 is 44.6 Å². The molecule has 2 aromatic carbocycles. The molecule has 196 valence electrons. The average molecular weight is 583 g/mol. The highest BCUT2D eigenvalue weighted by molar-refractivity contribution is 9.10. The van der Waals surface area contributed by atoms with E-state index in [1.807, 2.05) is 27.7 Å². The number of hydrogen-bond acceptors (Lipinski definition) is 8. The van der Waals surface area contributed by atoms with E-state index in [4.69, 9.17) is 23.0 Å². The number of carbonyl (C=O) groups is 1. The summed E-state index contributed by atoms with van der Waals surface area (Å²) in [5.41, 5.74) is -0.973. The van der Waals surface area contributed by atoms with E-state index in [9.17, 15) is 13.2 Å². The van der Waals surface area contributed by atoms with Crippen LogP contribution in [-0.4, -0.2) is 51.0 Å². The van der Waals surface area contributed by atoms with E-state index < -0.39 is 46.1 Å². The van der Waals surface area contributed by atoms with Crippen molar-refractivity contribution in [3.05, 3.63) is 53.0 Å². The lowest BCUT2D eigenvalue weighted by Crippen LogP contribution is -2.41. The van der Waals surface area contributed by atoms with E-state index in [0.29, 0.717) is 10.2 Å². The minimum Gasteiger partial charge on any atom is -0.490 e. The SMILES string of the molecule is CC(C)(C)OC(=O)C(COc1ccc(B2OC(C)(C)C(C)(C)O2)cc1)OS(=O)(=O)c1ccc(Br)cc1. The fourth-order valence-corrected chi connectivity index (χ4v) is 4.47. The van der Waals surface area contributed by atoms with Crippen LogP contribution >= 0.6 is 15.9 Å². The zero-order chi connectivity index (χ0) is 26.9. The zero-order valence-corrected chi connectivity index (χ0v) is 23.9. The second-order valence-corrected chi connectivity index (χ2v) is 13.0. The van der Waals surface area contributed by atoms with Crippen LogP contribution in [-0.2, 0) is 33.1 Å². The largest absolute Gasteiger partial charge is 0.494 e. The number of rotatable bonds is 8. The summed E-state index contributed by atoms with van der Waals surface area (Å²) in [5.74, 6) is -0.439. The molecule has 0 N–H and O–H groups in total. The van der Waals surface area contributed by atoms with Crippen molar-refractivity contribution in [2.75, 3.05) is 6.61 Å². The van der Waals surface area contributed by atoms with Gasteiger partial charge in [0.15, 0.2) is 0 Å². The summed E-state index contributed by atoms with van der Waals surface area (Å²) >= 11 is 3.26. The summed E-state index contributed by atoms with van der Waals surface area (Å²) in [7, 11) is -4.79. The van der Waals surface area contributed by atoms with Crippen LogP contribution in [0.15, 0.2) is 57.9 Å². The van der Waals surface area contributed by atoms with Crippen molar-refractivity contribution in [1.29, 1.82) is 0 Å². The minimum absolute atomic E-state index is 0.0916. The smallest absolute Gasteiger partial charge is 0.490 e. The van der Waals surface area contributed by atoms with Gasteiger partial charge >= 0.3 is 13.1 Å². The van der Waals surface area contributed by atoms with Crippen LogP contribution in [0.3, 0.4) is 0 Å². The van der Waals surface area contributed by atoms with Crippen molar-refractivity contribution < 1.29 is 36.2 Å². The molecule has 1 aliphatic rings. The predicted octanol–water partition coefficient (Wildman–Crippen LogP) is 4.24. The van der Waals surface area contributed by atoms with Gasteiger partial charge in [-0.2, -0.15) is 8.42 Å². The van der Waals surface area contributed by atoms with Gasteiger partial charge in [0.25, 0.3) is 10.1 Å². The van der Waals surface area contributed by atoms with Crippen LogP contribution in [0, 0.1) is 0 Å². The molecule has 8 nitrogen and oxygen atoms in total. The number of carbonyl (C=O) groups excluding carboxylic acids is 1. The van der Waals surface area contributed by atoms with Crippen molar-refractivity contribution in [2.24, 2.45) is 0 Å². The third kappa shape index (κ3) is 7.10. The number of ether oxygens (including phenoxy) is 2. The maximum Gasteiger partial charge on any atom is 0.494 e. The first kappa shape index (κ1) is 28.7. The Balaban J connectivity index is 1.73. The first-order valence-electron chi connectivity index (χ1n) is 11.5. The molecule has 0 bridgehead atoms. The molecule has 0 aromatic heterocycles. The van der Waals surface area contributed by atoms with Gasteiger partial charge in [0.05, 0.1) is 16.1 Å². The monoisotopic (exact) mass is 582 g/mol. The topological polar surface area (TPSA) is 97.4 Å². The molecule has 11 heteroatoms. The molecular formula is C25H32BBrO8S. The Bertz CT molecular complexity index is 1160. The fraction of sp³-hybridized carbons (Fsp3) is 0.480. The Hall–Kier alpha value is -1.92. The zero-order valence-electron chi connectivity index (χ0n) is 21.5. The lowest BCUT2D eigenvalue weighted by molar-refractivity contribution is -0.164. The Morgan fingerprint density at radius 3 is 2.00 bits per heavy atom. The molecule has 1 unspecified atom stereocenters. The van der Waals surface area contributed by atoms with Gasteiger partial charge in [-0.05, 0) is 90.3 Å². The molecule has 1 aliphatic heterocycles. The molecule has 1 saturated heterocycles. The second kappa shape index (κ2) is 10.5. The Morgan fingerprint density at radius 1 is 0.972 bits per heavy atom. The molecular weight excluding hydrogens is 551 g/mol. The predicted molar refractivity (Wildman–Crippen MR) is 140 cm³/mol. The number of benzene rings is 2. The maximum absolute atomic E-state index is 12.8. The van der Waals surface area contributed by atoms with Gasteiger partial charge < -0.3 is 18.8 Å². The van der Waals surface area contributed by atoms with Crippen LogP contribution in [0.25, 0.3) is 0 Å². The average Bonchev–Trinajstić information content (AvgIpc) is 2.97. The minimum atomic E-state index is -4.26. The third-order valence-electron chi connectivity index (χ3n) is 5.82. The van der Waals surface area contributed by atoms with E-state index in [1.165, 1.54) is 12.1 Å². The second-order valence-electron chi connectivity index (χ2n) is 10.5. The normalized spacial score (nSPS) is 18.1. The number of hydrogen-bond donors (Lipinski definition) is 0. The molecule has 0 saturated carbocycles. The number of esters is 1. The molecule has 0 aliphatic carbocycles. The van der Waals surface area contributed by atoms with Crippen molar-refractivity contribution in [3.63, 3.8) is 0 Å². The van der Waals surface area contributed by atoms with E-state index >= 15 is 0 Å². The summed E-state index contributed by atoms with van der Waals surface area (Å²) < 4.78 is 54.8. The Morgan fingerprint density at radius 2 is 1.50 bits per heavy atom. The molecule has 0 amide bonds. The van der Waals surface area contributed by atoms with Crippen molar-refractivity contribution in [2.45, 2.75) is 76.3 Å². The van der Waals surface area contributed by atoms with Gasteiger partial charge in [0.2, 0.25) is 6.10 Å². The van der Waals surface area contributed by atoms with Gasteiger partial charge in [-0.1, -0.05) is 28.1 Å². The molecule has 2 aromatic rings. The van der Waals surface area contributed by atoms with Crippen molar-refractivity contribution in [3.8, 4) is 5.75 Å². The molecule has 1 heterocycles. The quantitative estimate of drug-likeness (QED) is 0.259. The highest BCUT2D eigenvalue weighted by Crippen LogP contribution is 2.36. The fourth-order valence-electron chi connectivity index (χ4n) is 3.18. The van der Waals surface area contributed by atoms with Crippen LogP contribution in [0.4, 0.5) is 0 Å². The summed E-state index contributed by atoms with van der Waals surface area (Å²) in [5, 5.41) is 0. The van der Waals surface area contributed by atoms with Gasteiger partial charge in [-0.15, -0.1) is 0 Å². The highest BCUT2D eigenvalue weighted by atomic mass is 79.9. The molecule has 36 heavy (non-hydrogen) atoms. The van der Waals surface area contributed by atoms with E-state index in [0.717, 1.165) is 5.46 Å². The van der Waals surface area contributed by atoms with Gasteiger partial charge in [0, 0.05) is 4.47 Å². The Kier molecular flexibility index (Phi) is 8.32. The molecule has 1 fully saturated rings. The summed E-state index contributed by atoms with van der Waals surface area (Å²) in [6.07, 6.45) is -1.51. The van der Waals surface area contributed by atoms with Gasteiger partial charge in [-0.3, -0.25) is 0 Å². The van der Waals surface area contributed by atoms with Crippen LogP contribution in [0.1, 0.15) is 48.5 Å². The van der Waals surface area contributed by atoms with Gasteiger partial charge in [-0.25, -0.2) is 8.98 Å². The van der Waals surface area contributed by atoms with Crippen LogP contribution in [0.5, 0.6) is 5.75 Å². The molecule has 0 spiro atoms. The van der Waals surface area contributed by atoms with E-state index in [-0.39, 0.29) is 11.5 Å². The summed E-state index contributed by atoms with van der Waals surface area (Å²) in [4.78, 5) is 12.7. The number of halogens is 1. The van der Waals surface area contributed by atoms with Crippen LogP contribution in [0.2, 0.25) is 0 Å². The van der Waals surface area contributed by atoms with E-state index in [2.05, 4.69) is 15.9 Å². The summed E-state index contributed by atoms with van der Waals surface area (Å²) in [6, 6.07) is 12.8. The Labute approximate surface area is 222 Å².